The minimum absolute atomic E-state index is 0.0990. The van der Waals surface area contributed by atoms with Gasteiger partial charge in [-0.05, 0) is 28.4 Å². The van der Waals surface area contributed by atoms with Gasteiger partial charge in [-0.15, -0.1) is 0 Å². The number of hydrogen-bond acceptors (Lipinski definition) is 2. The lowest BCUT2D eigenvalue weighted by Gasteiger charge is -2.14. The molecule has 1 fully saturated rings. The summed E-state index contributed by atoms with van der Waals surface area (Å²) in [7, 11) is 1.45. The molecule has 1 saturated carbocycles. The van der Waals surface area contributed by atoms with Gasteiger partial charge in [0.15, 0.2) is 11.6 Å². The lowest BCUT2D eigenvalue weighted by atomic mass is 9.99. The molecule has 3 heteroatoms. The Kier molecular flexibility index (Phi) is 3.38. The monoisotopic (exact) mass is 266 g/mol. The summed E-state index contributed by atoms with van der Waals surface area (Å²) in [5, 5.41) is 10.4. The zero-order chi connectivity index (χ0) is 14.4. The zero-order valence-corrected chi connectivity index (χ0v) is 12.3. The molecule has 0 aromatic heterocycles. The van der Waals surface area contributed by atoms with Gasteiger partial charge in [-0.25, -0.2) is 4.39 Å². The second kappa shape index (κ2) is 4.48. The van der Waals surface area contributed by atoms with Crippen LogP contribution in [0.3, 0.4) is 0 Å². The predicted octanol–water partition coefficient (Wildman–Crippen LogP) is 3.42. The number of methoxy groups -OCH3 is 1. The third kappa shape index (κ3) is 2.14. The number of rotatable bonds is 4. The number of ether oxygens (including phenoxy) is 1. The van der Waals surface area contributed by atoms with Gasteiger partial charge in [0.1, 0.15) is 0 Å². The van der Waals surface area contributed by atoms with Crippen molar-refractivity contribution in [1.82, 2.24) is 0 Å². The summed E-state index contributed by atoms with van der Waals surface area (Å²) in [6.45, 7) is 8.62. The van der Waals surface area contributed by atoms with Crippen LogP contribution < -0.4 is 4.74 Å². The molecule has 2 nitrogen and oxygen atoms in total. The van der Waals surface area contributed by atoms with Crippen molar-refractivity contribution in [3.8, 4) is 5.75 Å². The highest BCUT2D eigenvalue weighted by atomic mass is 19.1. The first kappa shape index (κ1) is 14.3. The van der Waals surface area contributed by atoms with Crippen LogP contribution in [0.25, 0.3) is 0 Å². The Bertz CT molecular complexity index is 466. The fourth-order valence-electron chi connectivity index (χ4n) is 3.42. The Morgan fingerprint density at radius 3 is 2.32 bits per heavy atom. The molecular weight excluding hydrogens is 243 g/mol. The average Bonchev–Trinajstić information content (AvgIpc) is 2.72. The van der Waals surface area contributed by atoms with E-state index >= 15 is 0 Å². The van der Waals surface area contributed by atoms with E-state index in [0.29, 0.717) is 12.0 Å². The van der Waals surface area contributed by atoms with Crippen LogP contribution in [0.5, 0.6) is 5.75 Å². The summed E-state index contributed by atoms with van der Waals surface area (Å²) in [6.07, 6.45) is -0.188. The fraction of sp³-hybridized carbons (Fsp3) is 0.625. The molecule has 0 radical (unpaired) electrons. The average molecular weight is 266 g/mol. The van der Waals surface area contributed by atoms with Gasteiger partial charge in [-0.2, -0.15) is 0 Å². The van der Waals surface area contributed by atoms with Crippen LogP contribution in [0.15, 0.2) is 18.2 Å². The van der Waals surface area contributed by atoms with Crippen LogP contribution in [-0.4, -0.2) is 18.3 Å². The molecule has 0 spiro atoms. The molecule has 0 aliphatic heterocycles. The summed E-state index contributed by atoms with van der Waals surface area (Å²) in [5.41, 5.74) is 0.717. The van der Waals surface area contributed by atoms with Crippen molar-refractivity contribution in [3.05, 3.63) is 29.6 Å². The van der Waals surface area contributed by atoms with Gasteiger partial charge >= 0.3 is 0 Å². The normalized spacial score (nSPS) is 22.1. The quantitative estimate of drug-likeness (QED) is 0.905. The van der Waals surface area contributed by atoms with E-state index in [0.717, 1.165) is 0 Å². The molecule has 1 unspecified atom stereocenters. The lowest BCUT2D eigenvalue weighted by molar-refractivity contribution is 0.128. The molecule has 0 heterocycles. The Labute approximate surface area is 114 Å². The smallest absolute Gasteiger partial charge is 0.168 e. The van der Waals surface area contributed by atoms with E-state index in [2.05, 4.69) is 27.7 Å². The molecule has 1 N–H and O–H groups in total. The molecule has 2 rings (SSSR count). The van der Waals surface area contributed by atoms with Gasteiger partial charge in [0.05, 0.1) is 13.2 Å². The van der Waals surface area contributed by atoms with Gasteiger partial charge in [0.25, 0.3) is 0 Å². The van der Waals surface area contributed by atoms with E-state index in [-0.39, 0.29) is 28.3 Å². The molecule has 19 heavy (non-hydrogen) atoms. The first-order valence-corrected chi connectivity index (χ1v) is 6.73. The van der Waals surface area contributed by atoms with Crippen molar-refractivity contribution in [1.29, 1.82) is 0 Å². The van der Waals surface area contributed by atoms with Gasteiger partial charge in [-0.3, -0.25) is 0 Å². The molecule has 1 aromatic rings. The molecule has 1 aromatic carbocycles. The molecule has 106 valence electrons. The van der Waals surface area contributed by atoms with E-state index < -0.39 is 6.10 Å². The van der Waals surface area contributed by atoms with Gasteiger partial charge in [0.2, 0.25) is 0 Å². The third-order valence-electron chi connectivity index (χ3n) is 5.21. The molecule has 0 bridgehead atoms. The highest BCUT2D eigenvalue weighted by Gasteiger charge is 2.66. The minimum Gasteiger partial charge on any atom is -0.494 e. The summed E-state index contributed by atoms with van der Waals surface area (Å²) in [6, 6.07) is 5.06. The van der Waals surface area contributed by atoms with Crippen molar-refractivity contribution in [2.24, 2.45) is 16.7 Å². The van der Waals surface area contributed by atoms with Crippen molar-refractivity contribution in [3.63, 3.8) is 0 Å². The van der Waals surface area contributed by atoms with Crippen molar-refractivity contribution >= 4 is 0 Å². The minimum atomic E-state index is -0.522. The SMILES string of the molecule is COc1cccc(CC(O)C2C(C)(C)C2(C)C)c1F. The number of halogens is 1. The Hall–Kier alpha value is -1.09. The van der Waals surface area contributed by atoms with Crippen LogP contribution >= 0.6 is 0 Å². The zero-order valence-electron chi connectivity index (χ0n) is 12.3. The predicted molar refractivity (Wildman–Crippen MR) is 73.7 cm³/mol. The number of hydrogen-bond donors (Lipinski definition) is 1. The maximum Gasteiger partial charge on any atom is 0.168 e. The first-order valence-electron chi connectivity index (χ1n) is 6.73. The number of aliphatic hydroxyl groups is 1. The largest absolute Gasteiger partial charge is 0.494 e. The Morgan fingerprint density at radius 1 is 1.26 bits per heavy atom. The second-order valence-electron chi connectivity index (χ2n) is 6.63. The fourth-order valence-corrected chi connectivity index (χ4v) is 3.42. The maximum atomic E-state index is 14.1. The van der Waals surface area contributed by atoms with Crippen molar-refractivity contribution in [2.75, 3.05) is 7.11 Å². The van der Waals surface area contributed by atoms with Gasteiger partial charge < -0.3 is 9.84 Å². The summed E-state index contributed by atoms with van der Waals surface area (Å²) in [4.78, 5) is 0. The van der Waals surface area contributed by atoms with Crippen molar-refractivity contribution in [2.45, 2.75) is 40.2 Å². The summed E-state index contributed by atoms with van der Waals surface area (Å²) in [5.74, 6) is 0.0740. The Balaban J connectivity index is 2.15. The second-order valence-corrected chi connectivity index (χ2v) is 6.63. The summed E-state index contributed by atoms with van der Waals surface area (Å²) < 4.78 is 19.0. The number of aliphatic hydroxyl groups excluding tert-OH is 1. The van der Waals surface area contributed by atoms with E-state index in [4.69, 9.17) is 4.74 Å². The van der Waals surface area contributed by atoms with E-state index in [1.165, 1.54) is 7.11 Å². The van der Waals surface area contributed by atoms with E-state index in [9.17, 15) is 9.50 Å². The highest BCUT2D eigenvalue weighted by molar-refractivity contribution is 5.32. The molecule has 1 aliphatic rings. The third-order valence-corrected chi connectivity index (χ3v) is 5.21. The standard InChI is InChI=1S/C16H23FO2/c1-15(2)14(16(15,3)4)11(18)9-10-7-6-8-12(19-5)13(10)17/h6-8,11,14,18H,9H2,1-5H3. The van der Waals surface area contributed by atoms with Crippen LogP contribution in [0.4, 0.5) is 4.39 Å². The number of benzene rings is 1. The summed E-state index contributed by atoms with van der Waals surface area (Å²) >= 11 is 0. The molecule has 1 aliphatic carbocycles. The van der Waals surface area contributed by atoms with Crippen LogP contribution in [0.1, 0.15) is 33.3 Å². The topological polar surface area (TPSA) is 29.5 Å². The maximum absolute atomic E-state index is 14.1. The lowest BCUT2D eigenvalue weighted by Crippen LogP contribution is -2.18. The van der Waals surface area contributed by atoms with E-state index in [1.807, 2.05) is 0 Å². The molecular formula is C16H23FO2. The van der Waals surface area contributed by atoms with Gasteiger partial charge in [-0.1, -0.05) is 39.8 Å². The molecule has 0 amide bonds. The van der Waals surface area contributed by atoms with Gasteiger partial charge in [0, 0.05) is 6.42 Å². The van der Waals surface area contributed by atoms with E-state index in [1.54, 1.807) is 18.2 Å². The first-order chi connectivity index (χ1) is 8.73. The van der Waals surface area contributed by atoms with Crippen molar-refractivity contribution < 1.29 is 14.2 Å². The molecule has 0 saturated heterocycles. The highest BCUT2D eigenvalue weighted by Crippen LogP contribution is 2.69. The van der Waals surface area contributed by atoms with Crippen LogP contribution in [-0.2, 0) is 6.42 Å². The van der Waals surface area contributed by atoms with Crippen LogP contribution in [0, 0.1) is 22.6 Å². The Morgan fingerprint density at radius 2 is 1.84 bits per heavy atom. The van der Waals surface area contributed by atoms with Crippen LogP contribution in [0.2, 0.25) is 0 Å². The molecule has 1 atom stereocenters.